The van der Waals surface area contributed by atoms with Crippen molar-refractivity contribution < 1.29 is 4.79 Å². The molecule has 1 amide bonds. The zero-order valence-corrected chi connectivity index (χ0v) is 21.2. The molecule has 0 aliphatic heterocycles. The van der Waals surface area contributed by atoms with E-state index in [0.717, 1.165) is 22.5 Å². The number of nitrogens with two attached hydrogens (primary N) is 1. The highest BCUT2D eigenvalue weighted by Crippen LogP contribution is 2.33. The van der Waals surface area contributed by atoms with Gasteiger partial charge in [0.05, 0.1) is 17.1 Å². The van der Waals surface area contributed by atoms with Gasteiger partial charge in [-0.25, -0.2) is 4.98 Å². The van der Waals surface area contributed by atoms with Crippen LogP contribution in [0.25, 0.3) is 11.0 Å². The van der Waals surface area contributed by atoms with Gasteiger partial charge in [0.25, 0.3) is 5.91 Å². The lowest BCUT2D eigenvalue weighted by Gasteiger charge is -2.34. The van der Waals surface area contributed by atoms with E-state index in [1.807, 2.05) is 66.4 Å². The normalized spacial score (nSPS) is 12.0. The van der Waals surface area contributed by atoms with Gasteiger partial charge in [-0.1, -0.05) is 67.9 Å². The Bertz CT molecular complexity index is 1370. The number of imidazole rings is 1. The van der Waals surface area contributed by atoms with Crippen LogP contribution in [0.3, 0.4) is 0 Å². The summed E-state index contributed by atoms with van der Waals surface area (Å²) in [5.74, 6) is 0.819. The maximum absolute atomic E-state index is 13.9. The highest BCUT2D eigenvalue weighted by molar-refractivity contribution is 5.94. The largest absolute Gasteiger partial charge is 0.330 e. The molecule has 0 bridgehead atoms. The summed E-state index contributed by atoms with van der Waals surface area (Å²) in [7, 11) is 0. The van der Waals surface area contributed by atoms with Gasteiger partial charge in [0.15, 0.2) is 0 Å². The van der Waals surface area contributed by atoms with E-state index in [-0.39, 0.29) is 17.9 Å². The minimum absolute atomic E-state index is 0.0408. The lowest BCUT2D eigenvalue weighted by atomic mass is 9.99. The van der Waals surface area contributed by atoms with Gasteiger partial charge in [-0.05, 0) is 55.6 Å². The molecule has 0 radical (unpaired) electrons. The Balaban J connectivity index is 1.89. The third-order valence-electron chi connectivity index (χ3n) is 6.51. The standard InChI is InChI=1S/C30H33N5O/c1-21(2)28(34(18-8-17-31)30(36)24-15-13-22(3)14-16-24)29-33-27-25(19-32)11-7-12-26(27)35(29)20-23-9-5-4-6-10-23/h4-7,9-16,21,28H,8,17-18,20,31H2,1-3H3. The van der Waals surface area contributed by atoms with Crippen LogP contribution in [0.2, 0.25) is 0 Å². The monoisotopic (exact) mass is 479 g/mol. The van der Waals surface area contributed by atoms with Crippen LogP contribution in [0.5, 0.6) is 0 Å². The molecule has 0 aliphatic carbocycles. The van der Waals surface area contributed by atoms with Crippen molar-refractivity contribution in [3.8, 4) is 6.07 Å². The van der Waals surface area contributed by atoms with Crippen LogP contribution < -0.4 is 5.73 Å². The lowest BCUT2D eigenvalue weighted by Crippen LogP contribution is -2.40. The summed E-state index contributed by atoms with van der Waals surface area (Å²) in [4.78, 5) is 20.8. The number of para-hydroxylation sites is 1. The summed E-state index contributed by atoms with van der Waals surface area (Å²) in [6.07, 6.45) is 0.684. The van der Waals surface area contributed by atoms with E-state index in [1.165, 1.54) is 0 Å². The summed E-state index contributed by atoms with van der Waals surface area (Å²) >= 11 is 0. The molecular weight excluding hydrogens is 446 g/mol. The number of hydrogen-bond acceptors (Lipinski definition) is 4. The molecule has 1 atom stereocenters. The van der Waals surface area contributed by atoms with E-state index >= 15 is 0 Å². The predicted molar refractivity (Wildman–Crippen MR) is 143 cm³/mol. The molecule has 0 saturated carbocycles. The Labute approximate surface area is 213 Å². The predicted octanol–water partition coefficient (Wildman–Crippen LogP) is 5.45. The van der Waals surface area contributed by atoms with Gasteiger partial charge in [0.2, 0.25) is 0 Å². The molecule has 6 nitrogen and oxygen atoms in total. The fourth-order valence-electron chi connectivity index (χ4n) is 4.70. The van der Waals surface area contributed by atoms with Crippen molar-refractivity contribution in [3.63, 3.8) is 0 Å². The summed E-state index contributed by atoms with van der Waals surface area (Å²) < 4.78 is 2.16. The van der Waals surface area contributed by atoms with Crippen molar-refractivity contribution in [2.24, 2.45) is 11.7 Å². The van der Waals surface area contributed by atoms with E-state index in [4.69, 9.17) is 10.7 Å². The zero-order chi connectivity index (χ0) is 25.7. The minimum Gasteiger partial charge on any atom is -0.330 e. The van der Waals surface area contributed by atoms with Crippen molar-refractivity contribution in [1.82, 2.24) is 14.5 Å². The number of nitrogens with zero attached hydrogens (tertiary/aromatic N) is 4. The van der Waals surface area contributed by atoms with Crippen LogP contribution in [0.1, 0.15) is 59.2 Å². The summed E-state index contributed by atoms with van der Waals surface area (Å²) in [6.45, 7) is 7.83. The Hall–Kier alpha value is -3.95. The Morgan fingerprint density at radius 2 is 1.78 bits per heavy atom. The van der Waals surface area contributed by atoms with Crippen LogP contribution in [0, 0.1) is 24.2 Å². The average Bonchev–Trinajstić information content (AvgIpc) is 3.24. The van der Waals surface area contributed by atoms with Crippen LogP contribution >= 0.6 is 0 Å². The molecule has 184 valence electrons. The number of carbonyl (C=O) groups excluding carboxylic acids is 1. The van der Waals surface area contributed by atoms with Gasteiger partial charge in [-0.3, -0.25) is 4.79 Å². The number of aryl methyl sites for hydroxylation is 1. The van der Waals surface area contributed by atoms with Gasteiger partial charge in [-0.15, -0.1) is 0 Å². The number of hydrogen-bond donors (Lipinski definition) is 1. The number of rotatable bonds is 9. The van der Waals surface area contributed by atoms with Crippen molar-refractivity contribution in [3.05, 3.63) is 101 Å². The fourth-order valence-corrected chi connectivity index (χ4v) is 4.70. The third kappa shape index (κ3) is 5.17. The van der Waals surface area contributed by atoms with Crippen molar-refractivity contribution in [1.29, 1.82) is 5.26 Å². The molecule has 0 spiro atoms. The smallest absolute Gasteiger partial charge is 0.254 e. The number of carbonyl (C=O) groups is 1. The van der Waals surface area contributed by atoms with Crippen LogP contribution in [0.4, 0.5) is 0 Å². The third-order valence-corrected chi connectivity index (χ3v) is 6.51. The van der Waals surface area contributed by atoms with E-state index in [2.05, 4.69) is 36.6 Å². The molecule has 36 heavy (non-hydrogen) atoms. The Morgan fingerprint density at radius 3 is 2.42 bits per heavy atom. The summed E-state index contributed by atoms with van der Waals surface area (Å²) in [5.41, 5.74) is 10.8. The maximum atomic E-state index is 13.9. The number of nitriles is 1. The van der Waals surface area contributed by atoms with Gasteiger partial charge in [0.1, 0.15) is 17.4 Å². The second-order valence-electron chi connectivity index (χ2n) is 9.52. The minimum atomic E-state index is -0.298. The zero-order valence-electron chi connectivity index (χ0n) is 21.2. The highest BCUT2D eigenvalue weighted by atomic mass is 16.2. The van der Waals surface area contributed by atoms with E-state index < -0.39 is 0 Å². The molecule has 1 heterocycles. The van der Waals surface area contributed by atoms with Crippen molar-refractivity contribution in [2.75, 3.05) is 13.1 Å². The van der Waals surface area contributed by atoms with E-state index in [1.54, 1.807) is 6.07 Å². The SMILES string of the molecule is Cc1ccc(C(=O)N(CCCN)C(c2nc3c(C#N)cccc3n2Cc2ccccc2)C(C)C)cc1. The van der Waals surface area contributed by atoms with Crippen molar-refractivity contribution in [2.45, 2.75) is 39.8 Å². The molecule has 6 heteroatoms. The molecule has 1 aromatic heterocycles. The molecule has 0 fully saturated rings. The van der Waals surface area contributed by atoms with Crippen LogP contribution in [0.15, 0.2) is 72.8 Å². The Morgan fingerprint density at radius 1 is 1.06 bits per heavy atom. The van der Waals surface area contributed by atoms with Gasteiger partial charge < -0.3 is 15.2 Å². The molecule has 0 saturated heterocycles. The fraction of sp³-hybridized carbons (Fsp3) is 0.300. The summed E-state index contributed by atoms with van der Waals surface area (Å²) in [5, 5.41) is 9.78. The molecule has 4 aromatic rings. The molecule has 3 aromatic carbocycles. The second kappa shape index (κ2) is 11.2. The quantitative estimate of drug-likeness (QED) is 0.346. The highest BCUT2D eigenvalue weighted by Gasteiger charge is 2.33. The maximum Gasteiger partial charge on any atom is 0.254 e. The summed E-state index contributed by atoms with van der Waals surface area (Å²) in [6, 6.07) is 25.5. The molecule has 1 unspecified atom stereocenters. The average molecular weight is 480 g/mol. The molecule has 0 aliphatic rings. The number of aromatic nitrogens is 2. The van der Waals surface area contributed by atoms with Gasteiger partial charge in [0, 0.05) is 18.7 Å². The number of amides is 1. The van der Waals surface area contributed by atoms with Crippen LogP contribution in [-0.4, -0.2) is 33.4 Å². The van der Waals surface area contributed by atoms with E-state index in [0.29, 0.717) is 42.7 Å². The molecule has 4 rings (SSSR count). The first-order valence-electron chi connectivity index (χ1n) is 12.5. The first kappa shape index (κ1) is 25.2. The van der Waals surface area contributed by atoms with Crippen LogP contribution in [-0.2, 0) is 6.54 Å². The second-order valence-corrected chi connectivity index (χ2v) is 9.52. The van der Waals surface area contributed by atoms with Gasteiger partial charge in [-0.2, -0.15) is 5.26 Å². The van der Waals surface area contributed by atoms with E-state index in [9.17, 15) is 10.1 Å². The van der Waals surface area contributed by atoms with Gasteiger partial charge >= 0.3 is 0 Å². The van der Waals surface area contributed by atoms with Crippen molar-refractivity contribution >= 4 is 16.9 Å². The molecular formula is C30H33N5O. The topological polar surface area (TPSA) is 87.9 Å². The Kier molecular flexibility index (Phi) is 7.82. The number of fused-ring (bicyclic) bond motifs is 1. The lowest BCUT2D eigenvalue weighted by molar-refractivity contribution is 0.0605. The first-order chi connectivity index (χ1) is 17.4. The number of benzene rings is 3. The first-order valence-corrected chi connectivity index (χ1v) is 12.5. The molecule has 2 N–H and O–H groups in total.